The molecule has 5 aromatic rings. The second-order valence-corrected chi connectivity index (χ2v) is 11.7. The Morgan fingerprint density at radius 2 is 1.56 bits per heavy atom. The fourth-order valence-electron chi connectivity index (χ4n) is 6.66. The summed E-state index contributed by atoms with van der Waals surface area (Å²) in [5.41, 5.74) is 15.6. The molecule has 0 bridgehead atoms. The molecular weight excluding hydrogens is 494 g/mol. The Kier molecular flexibility index (Phi) is 6.16. The van der Waals surface area contributed by atoms with Gasteiger partial charge in [0.1, 0.15) is 10.6 Å². The minimum Gasteiger partial charge on any atom is -0.345 e. The van der Waals surface area contributed by atoms with E-state index >= 15 is 0 Å². The van der Waals surface area contributed by atoms with Crippen LogP contribution < -0.4 is 5.32 Å². The van der Waals surface area contributed by atoms with Crippen molar-refractivity contribution < 1.29 is 0 Å². The van der Waals surface area contributed by atoms with Gasteiger partial charge < -0.3 is 9.88 Å². The number of aromatic nitrogens is 2. The largest absolute Gasteiger partial charge is 0.345 e. The first-order chi connectivity index (χ1) is 19.1. The number of fused-ring (bicyclic) bond motifs is 1. The molecular formula is C35H35N3S. The van der Waals surface area contributed by atoms with Crippen molar-refractivity contribution in [3.63, 3.8) is 0 Å². The number of imidazole rings is 1. The van der Waals surface area contributed by atoms with Gasteiger partial charge in [0.2, 0.25) is 0 Å². The maximum atomic E-state index is 6.26. The van der Waals surface area contributed by atoms with Crippen LogP contribution in [0, 0.1) is 13.8 Å². The Morgan fingerprint density at radius 3 is 2.38 bits per heavy atom. The van der Waals surface area contributed by atoms with Gasteiger partial charge in [-0.2, -0.15) is 0 Å². The summed E-state index contributed by atoms with van der Waals surface area (Å²) < 4.78 is 4.94. The molecule has 2 aromatic heterocycles. The van der Waals surface area contributed by atoms with Crippen molar-refractivity contribution in [3.05, 3.63) is 106 Å². The van der Waals surface area contributed by atoms with Gasteiger partial charge in [-0.25, -0.2) is 0 Å². The van der Waals surface area contributed by atoms with Crippen LogP contribution in [0.1, 0.15) is 59.2 Å². The van der Waals surface area contributed by atoms with Crippen molar-refractivity contribution in [2.45, 2.75) is 65.3 Å². The predicted molar refractivity (Wildman–Crippen MR) is 167 cm³/mol. The number of hydrogen-bond donors (Lipinski definition) is 1. The molecule has 3 heterocycles. The highest BCUT2D eigenvalue weighted by Gasteiger charge is 2.28. The molecule has 4 heteroatoms. The summed E-state index contributed by atoms with van der Waals surface area (Å²) in [7, 11) is 0. The van der Waals surface area contributed by atoms with Gasteiger partial charge in [-0.05, 0) is 104 Å². The summed E-state index contributed by atoms with van der Waals surface area (Å²) in [5, 5.41) is 3.63. The van der Waals surface area contributed by atoms with E-state index in [9.17, 15) is 0 Å². The van der Waals surface area contributed by atoms with Crippen molar-refractivity contribution in [2.75, 3.05) is 5.32 Å². The third-order valence-corrected chi connectivity index (χ3v) is 9.12. The van der Waals surface area contributed by atoms with E-state index in [0.717, 1.165) is 29.3 Å². The lowest BCUT2D eigenvalue weighted by molar-refractivity contribution is 0.647. The zero-order valence-electron chi connectivity index (χ0n) is 22.9. The van der Waals surface area contributed by atoms with Gasteiger partial charge in [0.25, 0.3) is 0 Å². The van der Waals surface area contributed by atoms with Crippen LogP contribution in [0.5, 0.6) is 0 Å². The first kappa shape index (κ1) is 24.4. The molecule has 0 radical (unpaired) electrons. The van der Waals surface area contributed by atoms with Gasteiger partial charge in [0.15, 0.2) is 0 Å². The van der Waals surface area contributed by atoms with Crippen LogP contribution in [-0.4, -0.2) is 14.0 Å². The van der Waals surface area contributed by atoms with Gasteiger partial charge in [0.05, 0.1) is 11.4 Å². The third-order valence-electron chi connectivity index (χ3n) is 8.82. The van der Waals surface area contributed by atoms with Crippen molar-refractivity contribution in [3.8, 4) is 22.4 Å². The molecule has 2 aliphatic rings. The van der Waals surface area contributed by atoms with Crippen LogP contribution in [0.3, 0.4) is 0 Å². The number of benzene rings is 3. The van der Waals surface area contributed by atoms with Crippen LogP contribution in [0.4, 0.5) is 5.69 Å². The number of anilines is 1. The maximum absolute atomic E-state index is 6.26. The van der Waals surface area contributed by atoms with Gasteiger partial charge in [-0.15, -0.1) is 0 Å². The second-order valence-electron chi connectivity index (χ2n) is 11.3. The van der Waals surface area contributed by atoms with Crippen LogP contribution in [-0.2, 0) is 25.8 Å². The average Bonchev–Trinajstić information content (AvgIpc) is 3.38. The lowest BCUT2D eigenvalue weighted by Crippen LogP contribution is -2.14. The maximum Gasteiger partial charge on any atom is 0.128 e. The Morgan fingerprint density at radius 1 is 0.769 bits per heavy atom. The summed E-state index contributed by atoms with van der Waals surface area (Å²) >= 11 is 6.26. The molecule has 0 spiro atoms. The lowest BCUT2D eigenvalue weighted by Gasteiger charge is -2.18. The highest BCUT2D eigenvalue weighted by molar-refractivity contribution is 7.81. The first-order valence-electron chi connectivity index (χ1n) is 14.4. The molecule has 0 saturated heterocycles. The Bertz CT molecular complexity index is 1720. The van der Waals surface area contributed by atoms with Crippen LogP contribution in [0.2, 0.25) is 0 Å². The summed E-state index contributed by atoms with van der Waals surface area (Å²) in [6.07, 6.45) is 10.7. The molecule has 3 aromatic carbocycles. The molecule has 196 valence electrons. The minimum absolute atomic E-state index is 0.782. The number of thiocarbonyl (C=S) groups is 1. The van der Waals surface area contributed by atoms with E-state index in [2.05, 4.69) is 101 Å². The quantitative estimate of drug-likeness (QED) is 0.235. The summed E-state index contributed by atoms with van der Waals surface area (Å²) in [5.74, 6) is 0. The molecule has 1 aliphatic carbocycles. The number of nitrogens with zero attached hydrogens (tertiary/aromatic N) is 2. The molecule has 1 aliphatic heterocycles. The lowest BCUT2D eigenvalue weighted by atomic mass is 9.88. The van der Waals surface area contributed by atoms with E-state index < -0.39 is 0 Å². The Balaban J connectivity index is 1.46. The summed E-state index contributed by atoms with van der Waals surface area (Å²) in [6, 6.07) is 24.5. The number of nitrogens with one attached hydrogen (secondary N) is 1. The molecule has 7 rings (SSSR count). The Labute approximate surface area is 236 Å². The standard InChI is InChI=1S/C35H35N3S/c1-23-15-18-29(20-24(23)2)36-34(39)33-32(28-17-16-25-10-6-7-13-27(25)21-28)30-14-8-9-19-37-31(22-38(33)35(30)37)26-11-4-3-5-12-26/h3-5,11-12,15-18,20-22H,6-10,13-14,19H2,1-2H3,(H,36,39). The molecule has 0 fully saturated rings. The number of aryl methyl sites for hydroxylation is 6. The topological polar surface area (TPSA) is 21.4 Å². The molecule has 39 heavy (non-hydrogen) atoms. The fraction of sp³-hybridized carbons (Fsp3) is 0.286. The van der Waals surface area contributed by atoms with Crippen molar-refractivity contribution >= 4 is 28.5 Å². The summed E-state index contributed by atoms with van der Waals surface area (Å²) in [4.78, 5) is 0.782. The number of hydrogen-bond acceptors (Lipinski definition) is 1. The monoisotopic (exact) mass is 529 g/mol. The zero-order chi connectivity index (χ0) is 26.5. The van der Waals surface area contributed by atoms with E-state index in [0.29, 0.717) is 0 Å². The summed E-state index contributed by atoms with van der Waals surface area (Å²) in [6.45, 7) is 5.34. The fourth-order valence-corrected chi connectivity index (χ4v) is 6.98. The zero-order valence-corrected chi connectivity index (χ0v) is 23.7. The van der Waals surface area contributed by atoms with Crippen LogP contribution in [0.25, 0.3) is 28.0 Å². The molecule has 1 N–H and O–H groups in total. The van der Waals surface area contributed by atoms with E-state index in [1.165, 1.54) is 94.4 Å². The van der Waals surface area contributed by atoms with Crippen molar-refractivity contribution in [1.82, 2.24) is 8.97 Å². The van der Waals surface area contributed by atoms with E-state index in [-0.39, 0.29) is 0 Å². The third kappa shape index (κ3) is 4.22. The van der Waals surface area contributed by atoms with E-state index in [1.54, 1.807) is 0 Å². The molecule has 3 nitrogen and oxygen atoms in total. The molecule has 0 unspecified atom stereocenters. The molecule has 0 amide bonds. The minimum atomic E-state index is 0.782. The molecule has 0 atom stereocenters. The van der Waals surface area contributed by atoms with Crippen LogP contribution >= 0.6 is 12.2 Å². The van der Waals surface area contributed by atoms with Crippen LogP contribution in [0.15, 0.2) is 72.9 Å². The van der Waals surface area contributed by atoms with Gasteiger partial charge in [-0.3, -0.25) is 4.40 Å². The smallest absolute Gasteiger partial charge is 0.128 e. The molecule has 0 saturated carbocycles. The van der Waals surface area contributed by atoms with Gasteiger partial charge >= 0.3 is 0 Å². The first-order valence-corrected chi connectivity index (χ1v) is 14.8. The highest BCUT2D eigenvalue weighted by Crippen LogP contribution is 2.41. The van der Waals surface area contributed by atoms with Gasteiger partial charge in [0, 0.05) is 29.6 Å². The Hall–Kier alpha value is -3.63. The average molecular weight is 530 g/mol. The van der Waals surface area contributed by atoms with Crippen molar-refractivity contribution in [1.29, 1.82) is 0 Å². The SMILES string of the molecule is Cc1ccc(NC(=S)c2c(-c3ccc4c(c3)CCCC4)c3c4n(c(-c5ccccc5)cn24)CCCC3)cc1C. The second kappa shape index (κ2) is 9.84. The van der Waals surface area contributed by atoms with Gasteiger partial charge in [-0.1, -0.05) is 66.8 Å². The number of rotatable bonds is 4. The normalized spacial score (nSPS) is 14.7. The highest BCUT2D eigenvalue weighted by atomic mass is 32.1. The predicted octanol–water partition coefficient (Wildman–Crippen LogP) is 8.69. The van der Waals surface area contributed by atoms with E-state index in [1.807, 2.05) is 0 Å². The van der Waals surface area contributed by atoms with E-state index in [4.69, 9.17) is 12.2 Å². The van der Waals surface area contributed by atoms with Crippen molar-refractivity contribution in [2.24, 2.45) is 0 Å².